The number of likely N-dealkylation sites (tertiary alicyclic amines) is 1. The van der Waals surface area contributed by atoms with Gasteiger partial charge < -0.3 is 19.9 Å². The molecule has 2 N–H and O–H groups in total. The third-order valence-electron chi connectivity index (χ3n) is 6.83. The Hall–Kier alpha value is -3.06. The quantitative estimate of drug-likeness (QED) is 0.307. The summed E-state index contributed by atoms with van der Waals surface area (Å²) in [6, 6.07) is 6.87. The van der Waals surface area contributed by atoms with Crippen LogP contribution in [0.5, 0.6) is 5.75 Å². The number of carbonyl (C=O) groups excluding carboxylic acids is 1. The summed E-state index contributed by atoms with van der Waals surface area (Å²) < 4.78 is 78.6. The molecule has 4 atom stereocenters. The Bertz CT molecular complexity index is 1250. The molecule has 1 heterocycles. The molecule has 13 heteroatoms. The van der Waals surface area contributed by atoms with Gasteiger partial charge in [0.15, 0.2) is 0 Å². The summed E-state index contributed by atoms with van der Waals surface area (Å²) in [6.45, 7) is 8.22. The molecule has 0 spiro atoms. The second-order valence-corrected chi connectivity index (χ2v) is 13.6. The number of benzene rings is 2. The molecule has 1 fully saturated rings. The van der Waals surface area contributed by atoms with Crippen LogP contribution in [0.15, 0.2) is 53.4 Å². The van der Waals surface area contributed by atoms with Gasteiger partial charge in [-0.15, -0.1) is 0 Å². The molecular weight excluding hydrogens is 559 g/mol. The minimum Gasteiger partial charge on any atom is -0.496 e. The molecule has 1 saturated heterocycles. The van der Waals surface area contributed by atoms with Crippen molar-refractivity contribution < 1.29 is 43.6 Å². The van der Waals surface area contributed by atoms with Crippen molar-refractivity contribution in [1.29, 1.82) is 0 Å². The van der Waals surface area contributed by atoms with Gasteiger partial charge in [-0.2, -0.15) is 0 Å². The van der Waals surface area contributed by atoms with Gasteiger partial charge in [-0.1, -0.05) is 70.5 Å². The Morgan fingerprint density at radius 3 is 2.12 bits per heavy atom. The number of aliphatic carboxylic acids is 1. The van der Waals surface area contributed by atoms with Crippen LogP contribution in [0.2, 0.25) is 0 Å². The highest BCUT2D eigenvalue weighted by molar-refractivity contribution is 8.45. The van der Waals surface area contributed by atoms with Gasteiger partial charge >= 0.3 is 22.3 Å². The van der Waals surface area contributed by atoms with Gasteiger partial charge in [-0.3, -0.25) is 4.90 Å². The first-order valence-electron chi connectivity index (χ1n) is 12.6. The maximum atomic E-state index is 13.6. The van der Waals surface area contributed by atoms with Crippen LogP contribution in [0.1, 0.15) is 51.8 Å². The molecule has 2 aromatic rings. The van der Waals surface area contributed by atoms with Crippen LogP contribution in [-0.4, -0.2) is 47.4 Å². The fraction of sp³-hybridized carbons (Fsp3) is 0.481. The average Bonchev–Trinajstić information content (AvgIpc) is 3.17. The highest BCUT2D eigenvalue weighted by Crippen LogP contribution is 3.02. The molecule has 0 bridgehead atoms. The number of halogens is 5. The summed E-state index contributed by atoms with van der Waals surface area (Å²) in [4.78, 5) is 25.1. The van der Waals surface area contributed by atoms with Gasteiger partial charge in [-0.25, -0.2) is 9.59 Å². The van der Waals surface area contributed by atoms with E-state index >= 15 is 0 Å². The number of hydrogen-bond acceptors (Lipinski definition) is 5. The van der Waals surface area contributed by atoms with Gasteiger partial charge in [0.2, 0.25) is 0 Å². The zero-order valence-corrected chi connectivity index (χ0v) is 23.9. The van der Waals surface area contributed by atoms with E-state index in [1.54, 1.807) is 65.0 Å². The molecule has 0 saturated carbocycles. The highest BCUT2D eigenvalue weighted by Gasteiger charge is 2.65. The van der Waals surface area contributed by atoms with E-state index in [1.165, 1.54) is 7.11 Å². The number of carbonyl (C=O) groups is 2. The summed E-state index contributed by atoms with van der Waals surface area (Å²) >= 11 is 0. The summed E-state index contributed by atoms with van der Waals surface area (Å²) in [5.41, 5.74) is -0.384. The van der Waals surface area contributed by atoms with Crippen molar-refractivity contribution >= 4 is 22.3 Å². The Morgan fingerprint density at radius 1 is 1.05 bits per heavy atom. The molecule has 1 aliphatic rings. The molecule has 1 aliphatic heterocycles. The summed E-state index contributed by atoms with van der Waals surface area (Å²) in [7, 11) is -8.79. The molecule has 3 rings (SSSR count). The van der Waals surface area contributed by atoms with Crippen molar-refractivity contribution in [2.45, 2.75) is 70.3 Å². The van der Waals surface area contributed by atoms with Crippen molar-refractivity contribution in [1.82, 2.24) is 10.2 Å². The maximum absolute atomic E-state index is 13.6. The first-order chi connectivity index (χ1) is 18.2. The van der Waals surface area contributed by atoms with Crippen molar-refractivity contribution in [3.05, 3.63) is 59.7 Å². The van der Waals surface area contributed by atoms with Crippen molar-refractivity contribution in [3.63, 3.8) is 0 Å². The van der Waals surface area contributed by atoms with Gasteiger partial charge in [0.05, 0.1) is 19.3 Å². The molecule has 40 heavy (non-hydrogen) atoms. The van der Waals surface area contributed by atoms with Gasteiger partial charge in [0, 0.05) is 24.1 Å². The zero-order valence-electron chi connectivity index (χ0n) is 23.0. The van der Waals surface area contributed by atoms with Crippen molar-refractivity contribution in [2.24, 2.45) is 11.3 Å². The van der Waals surface area contributed by atoms with E-state index in [-0.39, 0.29) is 23.9 Å². The summed E-state index contributed by atoms with van der Waals surface area (Å²) in [5.74, 6) is -2.13. The number of carboxylic acid groups (broad SMARTS) is 1. The number of hydrogen-bond donors (Lipinski definition) is 2. The molecular formula is C27H35F5N2O5S. The molecule has 2 aromatic carbocycles. The van der Waals surface area contributed by atoms with Crippen LogP contribution < -0.4 is 10.1 Å². The first-order valence-corrected chi connectivity index (χ1v) is 14.5. The van der Waals surface area contributed by atoms with E-state index in [2.05, 4.69) is 5.32 Å². The van der Waals surface area contributed by atoms with Crippen LogP contribution in [-0.2, 0) is 16.1 Å². The summed E-state index contributed by atoms with van der Waals surface area (Å²) in [5, 5.41) is 13.4. The molecule has 0 radical (unpaired) electrons. The van der Waals surface area contributed by atoms with Gasteiger partial charge in [0.25, 0.3) is 0 Å². The number of amides is 1. The van der Waals surface area contributed by atoms with Gasteiger partial charge in [0.1, 0.15) is 16.7 Å². The van der Waals surface area contributed by atoms with E-state index in [4.69, 9.17) is 9.47 Å². The standard InChI is InChI=1S/C27H35F5N2O5S/c1-16(2)39-26(37)34-23(17-10-8-7-9-11-17)22(21(27(3,4)5)24(34)25(35)36)33-15-18-14-19(12-13-20(18)38-6)40(28,29,30,31)32/h7-14,16,21-24,33H,15H2,1-6H3,(H,35,36)/t21-,22-,23-,24-/m0/s1. The molecule has 224 valence electrons. The van der Waals surface area contributed by atoms with Crippen LogP contribution in [0, 0.1) is 11.3 Å². The van der Waals surface area contributed by atoms with Crippen LogP contribution in [0.25, 0.3) is 0 Å². The Morgan fingerprint density at radius 2 is 1.65 bits per heavy atom. The maximum Gasteiger partial charge on any atom is 0.411 e. The monoisotopic (exact) mass is 594 g/mol. The minimum absolute atomic E-state index is 0.0643. The Labute approximate surface area is 230 Å². The number of nitrogens with one attached hydrogen (secondary N) is 1. The number of ether oxygens (including phenoxy) is 2. The topological polar surface area (TPSA) is 88.1 Å². The third-order valence-corrected chi connectivity index (χ3v) is 7.98. The summed E-state index contributed by atoms with van der Waals surface area (Å²) in [6.07, 6.45) is -1.42. The number of methoxy groups -OCH3 is 1. The lowest BCUT2D eigenvalue weighted by Crippen LogP contribution is -2.48. The number of carboxylic acids is 1. The number of nitrogens with zero attached hydrogens (tertiary/aromatic N) is 1. The molecule has 0 aliphatic carbocycles. The Kier molecular flexibility index (Phi) is 7.94. The molecule has 0 aromatic heterocycles. The molecule has 0 unspecified atom stereocenters. The lowest BCUT2D eigenvalue weighted by atomic mass is 9.72. The van der Waals surface area contributed by atoms with Crippen molar-refractivity contribution in [3.8, 4) is 5.75 Å². The second-order valence-electron chi connectivity index (χ2n) is 11.2. The zero-order chi connectivity index (χ0) is 30.3. The fourth-order valence-corrected chi connectivity index (χ4v) is 5.99. The van der Waals surface area contributed by atoms with Crippen LogP contribution in [0.3, 0.4) is 0 Å². The molecule has 7 nitrogen and oxygen atoms in total. The van der Waals surface area contributed by atoms with Crippen molar-refractivity contribution in [2.75, 3.05) is 7.11 Å². The Balaban J connectivity index is 2.17. The van der Waals surface area contributed by atoms with E-state index < -0.39 is 62.7 Å². The predicted molar refractivity (Wildman–Crippen MR) is 142 cm³/mol. The van der Waals surface area contributed by atoms with E-state index in [9.17, 15) is 34.1 Å². The van der Waals surface area contributed by atoms with Crippen LogP contribution in [0.4, 0.5) is 24.2 Å². The second kappa shape index (κ2) is 10.1. The lowest BCUT2D eigenvalue weighted by Gasteiger charge is -2.41. The van der Waals surface area contributed by atoms with E-state index in [0.29, 0.717) is 11.6 Å². The number of rotatable bonds is 8. The minimum atomic E-state index is -9.99. The fourth-order valence-electron chi connectivity index (χ4n) is 5.30. The van der Waals surface area contributed by atoms with E-state index in [1.807, 2.05) is 0 Å². The largest absolute Gasteiger partial charge is 0.496 e. The van der Waals surface area contributed by atoms with Crippen LogP contribution >= 0.6 is 10.2 Å². The smallest absolute Gasteiger partial charge is 0.411 e. The normalized spacial score (nSPS) is 23.4. The lowest BCUT2D eigenvalue weighted by molar-refractivity contribution is -0.144. The molecule has 1 amide bonds. The highest BCUT2D eigenvalue weighted by atomic mass is 32.5. The van der Waals surface area contributed by atoms with Gasteiger partial charge in [-0.05, 0) is 43.0 Å². The third kappa shape index (κ3) is 6.80. The first kappa shape index (κ1) is 31.5. The average molecular weight is 595 g/mol. The van der Waals surface area contributed by atoms with E-state index in [0.717, 1.165) is 11.0 Å². The SMILES string of the molecule is COc1ccc(S(F)(F)(F)(F)F)cc1CN[C@H]1[C@H](C(C)(C)C)[C@@H](C(=O)O)N(C(=O)OC(C)C)[C@H]1c1ccccc1. The predicted octanol–water partition coefficient (Wildman–Crippen LogP) is 7.53.